The van der Waals surface area contributed by atoms with Crippen LogP contribution in [0, 0.1) is 5.92 Å². The number of aliphatic imine (C=N–C) groups is 2. The van der Waals surface area contributed by atoms with E-state index in [4.69, 9.17) is 11.8 Å². The third-order valence-electron chi connectivity index (χ3n) is 2.98. The molecule has 3 rings (SSSR count). The number of ketones is 1. The van der Waals surface area contributed by atoms with Gasteiger partial charge in [-0.1, -0.05) is 0 Å². The van der Waals surface area contributed by atoms with E-state index < -0.39 is 0 Å². The molecule has 1 aliphatic carbocycles. The van der Waals surface area contributed by atoms with Gasteiger partial charge in [-0.25, -0.2) is 0 Å². The van der Waals surface area contributed by atoms with E-state index in [0.29, 0.717) is 17.6 Å². The van der Waals surface area contributed by atoms with Gasteiger partial charge in [-0.2, -0.15) is 4.99 Å². The summed E-state index contributed by atoms with van der Waals surface area (Å²) in [4.78, 5) is 19.5. The van der Waals surface area contributed by atoms with E-state index in [9.17, 15) is 4.79 Å². The lowest BCUT2D eigenvalue weighted by Gasteiger charge is -2.24. The normalized spacial score (nSPS) is 32.9. The van der Waals surface area contributed by atoms with Crippen LogP contribution in [-0.4, -0.2) is 20.7 Å². The maximum Gasteiger partial charge on any atom is 0.299 e. The van der Waals surface area contributed by atoms with Crippen LogP contribution in [0.5, 0.6) is 0 Å². The van der Waals surface area contributed by atoms with Crippen LogP contribution in [0.4, 0.5) is 0 Å². The van der Waals surface area contributed by atoms with Gasteiger partial charge in [0.05, 0.1) is 12.4 Å². The molecule has 4 nitrogen and oxygen atoms in total. The number of fused-ring (bicyclic) bond motifs is 1. The number of hydrogen-bond acceptors (Lipinski definition) is 3. The smallest absolute Gasteiger partial charge is 0.299 e. The Bertz CT molecular complexity index is 500. The molecule has 1 fully saturated rings. The van der Waals surface area contributed by atoms with E-state index in [0.717, 1.165) is 11.4 Å². The monoisotopic (exact) mass is 300 g/mol. The minimum absolute atomic E-state index is 0.00350. The molecule has 1 saturated carbocycles. The average Bonchev–Trinajstić information content (AvgIpc) is 2.47. The van der Waals surface area contributed by atoms with Gasteiger partial charge in [0, 0.05) is 34.7 Å². The predicted molar refractivity (Wildman–Crippen MR) is 64.9 cm³/mol. The zero-order valence-electron chi connectivity index (χ0n) is 8.23. The van der Waals surface area contributed by atoms with Gasteiger partial charge in [0.2, 0.25) is 5.70 Å². The van der Waals surface area contributed by atoms with Crippen LogP contribution in [0.15, 0.2) is 33.8 Å². The van der Waals surface area contributed by atoms with Crippen molar-refractivity contribution in [1.29, 1.82) is 0 Å². The van der Waals surface area contributed by atoms with E-state index in [2.05, 4.69) is 25.9 Å². The highest BCUT2D eigenvalue weighted by Gasteiger charge is 2.47. The summed E-state index contributed by atoms with van der Waals surface area (Å²) in [5.41, 5.74) is 1.73. The third-order valence-corrected chi connectivity index (χ3v) is 4.38. The number of hydrogen-bond donors (Lipinski definition) is 0. The Morgan fingerprint density at radius 1 is 1.50 bits per heavy atom. The quantitative estimate of drug-likeness (QED) is 0.542. The molecule has 0 aromatic carbocycles. The van der Waals surface area contributed by atoms with Crippen molar-refractivity contribution in [3.8, 4) is 0 Å². The number of nitrogens with zero attached hydrogens (tertiary/aromatic N) is 3. The second-order valence-corrected chi connectivity index (χ2v) is 5.25. The van der Waals surface area contributed by atoms with Crippen LogP contribution < -0.4 is 0 Å². The van der Waals surface area contributed by atoms with Crippen molar-refractivity contribution in [3.05, 3.63) is 23.8 Å². The first kappa shape index (κ1) is 10.4. The minimum Gasteiger partial charge on any atom is -0.300 e. The molecular formula is C10H8BrClN3O+. The second kappa shape index (κ2) is 3.35. The summed E-state index contributed by atoms with van der Waals surface area (Å²) in [5.74, 6) is 0.485. The SMILES string of the molecule is O=C1CC(C2=C3C=NC=C[N+]3(Cl)C(Br)=N2)C1. The minimum atomic E-state index is 0.00350. The van der Waals surface area contributed by atoms with Gasteiger partial charge < -0.3 is 0 Å². The Morgan fingerprint density at radius 3 is 2.94 bits per heavy atom. The van der Waals surface area contributed by atoms with Gasteiger partial charge in [0.1, 0.15) is 17.7 Å². The van der Waals surface area contributed by atoms with Crippen molar-refractivity contribution < 1.29 is 8.80 Å². The first-order chi connectivity index (χ1) is 7.61. The highest BCUT2D eigenvalue weighted by molar-refractivity contribution is 9.18. The third kappa shape index (κ3) is 1.28. The van der Waals surface area contributed by atoms with Crippen LogP contribution in [0.3, 0.4) is 0 Å². The molecule has 0 aromatic heterocycles. The summed E-state index contributed by atoms with van der Waals surface area (Å²) in [6.45, 7) is 0. The van der Waals surface area contributed by atoms with Crippen molar-refractivity contribution in [2.75, 3.05) is 0 Å². The fraction of sp³-hybridized carbons (Fsp3) is 0.300. The van der Waals surface area contributed by atoms with Gasteiger partial charge in [0.25, 0.3) is 4.74 Å². The number of allylic oxidation sites excluding steroid dienone is 2. The summed E-state index contributed by atoms with van der Waals surface area (Å²) in [7, 11) is 0. The molecule has 1 atom stereocenters. The van der Waals surface area contributed by atoms with Crippen LogP contribution in [-0.2, 0) is 4.79 Å². The molecule has 2 aliphatic heterocycles. The maximum atomic E-state index is 11.0. The Balaban J connectivity index is 2.04. The summed E-state index contributed by atoms with van der Waals surface area (Å²) in [5, 5.41) is 0. The summed E-state index contributed by atoms with van der Waals surface area (Å²) >= 11 is 9.78. The van der Waals surface area contributed by atoms with Crippen molar-refractivity contribution in [2.24, 2.45) is 15.9 Å². The predicted octanol–water partition coefficient (Wildman–Crippen LogP) is 2.47. The lowest BCUT2D eigenvalue weighted by Crippen LogP contribution is -2.34. The molecule has 6 heteroatoms. The molecule has 0 saturated heterocycles. The Hall–Kier alpha value is -0.780. The van der Waals surface area contributed by atoms with E-state index in [1.165, 1.54) is 0 Å². The number of rotatable bonds is 1. The van der Waals surface area contributed by atoms with E-state index in [1.807, 2.05) is 0 Å². The maximum absolute atomic E-state index is 11.0. The molecule has 82 valence electrons. The molecule has 0 N–H and O–H groups in total. The van der Waals surface area contributed by atoms with Gasteiger partial charge in [0.15, 0.2) is 11.8 Å². The Labute approximate surface area is 106 Å². The van der Waals surface area contributed by atoms with E-state index >= 15 is 0 Å². The molecule has 2 heterocycles. The van der Waals surface area contributed by atoms with Crippen LogP contribution in [0.25, 0.3) is 0 Å². The first-order valence-electron chi connectivity index (χ1n) is 4.92. The van der Waals surface area contributed by atoms with E-state index in [-0.39, 0.29) is 15.7 Å². The highest BCUT2D eigenvalue weighted by atomic mass is 79.9. The van der Waals surface area contributed by atoms with Crippen molar-refractivity contribution >= 4 is 44.4 Å². The van der Waals surface area contributed by atoms with Crippen LogP contribution in [0.1, 0.15) is 12.8 Å². The largest absolute Gasteiger partial charge is 0.300 e. The topological polar surface area (TPSA) is 41.8 Å². The van der Waals surface area contributed by atoms with Crippen molar-refractivity contribution in [3.63, 3.8) is 0 Å². The molecule has 0 amide bonds. The molecular weight excluding hydrogens is 293 g/mol. The van der Waals surface area contributed by atoms with Crippen LogP contribution >= 0.6 is 27.7 Å². The molecule has 0 spiro atoms. The number of amidine groups is 1. The summed E-state index contributed by atoms with van der Waals surface area (Å²) in [6.07, 6.45) is 6.23. The molecule has 0 radical (unpaired) electrons. The fourth-order valence-electron chi connectivity index (χ4n) is 2.02. The zero-order chi connectivity index (χ0) is 11.3. The summed E-state index contributed by atoms with van der Waals surface area (Å²) in [6, 6.07) is 0. The number of halogens is 2. The first-order valence-corrected chi connectivity index (χ1v) is 6.05. The molecule has 0 aromatic rings. The Kier molecular flexibility index (Phi) is 2.18. The van der Waals surface area contributed by atoms with Gasteiger partial charge >= 0.3 is 0 Å². The molecule has 1 unspecified atom stereocenters. The fourth-order valence-corrected chi connectivity index (χ4v) is 2.73. The lowest BCUT2D eigenvalue weighted by atomic mass is 9.81. The highest BCUT2D eigenvalue weighted by Crippen LogP contribution is 2.43. The van der Waals surface area contributed by atoms with Gasteiger partial charge in [-0.05, 0) is 0 Å². The van der Waals surface area contributed by atoms with Gasteiger partial charge in [-0.3, -0.25) is 9.79 Å². The van der Waals surface area contributed by atoms with Crippen LogP contribution in [0.2, 0.25) is 0 Å². The lowest BCUT2D eigenvalue weighted by molar-refractivity contribution is -0.595. The van der Waals surface area contributed by atoms with E-state index in [1.54, 1.807) is 18.6 Å². The number of Topliss-reactive ketones (excluding diaryl/α,β-unsaturated/α-hetero) is 1. The second-order valence-electron chi connectivity index (χ2n) is 4.01. The molecule has 0 bridgehead atoms. The number of carbonyl (C=O) groups is 1. The summed E-state index contributed by atoms with van der Waals surface area (Å²) < 4.78 is 0.629. The number of carbonyl (C=O) groups excluding carboxylic acids is 1. The van der Waals surface area contributed by atoms with Crippen molar-refractivity contribution in [1.82, 2.24) is 0 Å². The standard InChI is InChI=1S/C10H8BrClN3O/c11-10-14-9(6-3-7(16)4-6)8-5-13-1-2-15(8,10)12/h1-2,5-6H,3-4H2/q+1. The zero-order valence-corrected chi connectivity index (χ0v) is 10.6. The average molecular weight is 302 g/mol. The van der Waals surface area contributed by atoms with Crippen molar-refractivity contribution in [2.45, 2.75) is 12.8 Å². The Morgan fingerprint density at radius 2 is 2.25 bits per heavy atom. The molecule has 16 heavy (non-hydrogen) atoms. The van der Waals surface area contributed by atoms with Gasteiger partial charge in [-0.15, -0.1) is 4.00 Å². The number of quaternary nitrogens is 1. The molecule has 3 aliphatic rings.